The number of halogens is 4. The van der Waals surface area contributed by atoms with Gasteiger partial charge < -0.3 is 10.1 Å². The molecule has 1 unspecified atom stereocenters. The predicted molar refractivity (Wildman–Crippen MR) is 111 cm³/mol. The summed E-state index contributed by atoms with van der Waals surface area (Å²) in [6.07, 6.45) is -1.44. The molecule has 1 atom stereocenters. The Hall–Kier alpha value is -3.65. The van der Waals surface area contributed by atoms with Crippen molar-refractivity contribution in [2.24, 2.45) is 0 Å². The molecule has 0 saturated carbocycles. The van der Waals surface area contributed by atoms with Gasteiger partial charge in [0.05, 0.1) is 11.3 Å². The number of benzene rings is 3. The lowest BCUT2D eigenvalue weighted by atomic mass is 9.98. The van der Waals surface area contributed by atoms with E-state index in [0.29, 0.717) is 11.1 Å². The molecule has 32 heavy (non-hydrogen) atoms. The van der Waals surface area contributed by atoms with Gasteiger partial charge in [-0.3, -0.25) is 9.59 Å². The van der Waals surface area contributed by atoms with Crippen LogP contribution in [0.25, 0.3) is 0 Å². The normalized spacial score (nSPS) is 11.5. The number of amides is 1. The monoisotopic (exact) mass is 461 g/mol. The third kappa shape index (κ3) is 4.97. The van der Waals surface area contributed by atoms with Gasteiger partial charge in [0, 0.05) is 16.1 Å². The Morgan fingerprint density at radius 3 is 2.16 bits per heavy atom. The molecule has 0 aliphatic heterocycles. The third-order valence-electron chi connectivity index (χ3n) is 4.44. The fraction of sp³-hybridized carbons (Fsp3) is 0.0870. The first-order valence-corrected chi connectivity index (χ1v) is 9.61. The van der Waals surface area contributed by atoms with Gasteiger partial charge in [0.25, 0.3) is 5.91 Å². The Morgan fingerprint density at radius 2 is 1.50 bits per heavy atom. The standard InChI is InChI=1S/C23H15ClF3NO4/c1-12(22(30)28-18-11-10-17(25)19(26)20(18)27)32-23(31)16-5-3-2-4-15(16)21(29)13-6-8-14(24)9-7-13/h2-12H,1H3,(H,28,30). The van der Waals surface area contributed by atoms with Crippen molar-refractivity contribution < 1.29 is 32.3 Å². The summed E-state index contributed by atoms with van der Waals surface area (Å²) in [4.78, 5) is 37.7. The van der Waals surface area contributed by atoms with Crippen LogP contribution in [0.4, 0.5) is 18.9 Å². The van der Waals surface area contributed by atoms with Gasteiger partial charge in [-0.25, -0.2) is 18.0 Å². The molecule has 0 heterocycles. The summed E-state index contributed by atoms with van der Waals surface area (Å²) in [6.45, 7) is 1.20. The molecule has 3 aromatic rings. The molecular formula is C23H15ClF3NO4. The van der Waals surface area contributed by atoms with Crippen LogP contribution in [0.2, 0.25) is 5.02 Å². The van der Waals surface area contributed by atoms with E-state index >= 15 is 0 Å². The molecule has 0 fully saturated rings. The molecule has 3 aromatic carbocycles. The van der Waals surface area contributed by atoms with Crippen LogP contribution in [0.15, 0.2) is 60.7 Å². The molecule has 0 spiro atoms. The highest BCUT2D eigenvalue weighted by atomic mass is 35.5. The van der Waals surface area contributed by atoms with Crippen molar-refractivity contribution in [3.63, 3.8) is 0 Å². The first-order valence-electron chi connectivity index (χ1n) is 9.23. The number of ketones is 1. The molecule has 3 rings (SSSR count). The van der Waals surface area contributed by atoms with Crippen LogP contribution in [-0.4, -0.2) is 23.8 Å². The van der Waals surface area contributed by atoms with Crippen molar-refractivity contribution in [2.45, 2.75) is 13.0 Å². The summed E-state index contributed by atoms with van der Waals surface area (Å²) in [5.41, 5.74) is -0.380. The summed E-state index contributed by atoms with van der Waals surface area (Å²) in [5, 5.41) is 2.46. The number of esters is 1. The number of carbonyl (C=O) groups excluding carboxylic acids is 3. The van der Waals surface area contributed by atoms with Gasteiger partial charge >= 0.3 is 5.97 Å². The lowest BCUT2D eigenvalue weighted by Gasteiger charge is -2.15. The van der Waals surface area contributed by atoms with Crippen LogP contribution in [0.3, 0.4) is 0 Å². The highest BCUT2D eigenvalue weighted by Gasteiger charge is 2.25. The molecule has 0 aliphatic rings. The van der Waals surface area contributed by atoms with Gasteiger partial charge in [-0.15, -0.1) is 0 Å². The quantitative estimate of drug-likeness (QED) is 0.312. The van der Waals surface area contributed by atoms with E-state index in [9.17, 15) is 27.6 Å². The molecule has 0 saturated heterocycles. The molecular weight excluding hydrogens is 447 g/mol. The van der Waals surface area contributed by atoms with Gasteiger partial charge in [-0.2, -0.15) is 0 Å². The zero-order valence-corrected chi connectivity index (χ0v) is 17.3. The Morgan fingerprint density at radius 1 is 0.875 bits per heavy atom. The van der Waals surface area contributed by atoms with Gasteiger partial charge in [-0.05, 0) is 49.4 Å². The number of hydrogen-bond acceptors (Lipinski definition) is 4. The largest absolute Gasteiger partial charge is 0.449 e. The second kappa shape index (κ2) is 9.65. The summed E-state index contributed by atoms with van der Waals surface area (Å²) in [6, 6.07) is 13.4. The summed E-state index contributed by atoms with van der Waals surface area (Å²) >= 11 is 5.83. The molecule has 1 amide bonds. The van der Waals surface area contributed by atoms with E-state index in [1.165, 1.54) is 49.4 Å². The Kier molecular flexibility index (Phi) is 6.95. The smallest absolute Gasteiger partial charge is 0.339 e. The number of anilines is 1. The zero-order chi connectivity index (χ0) is 23.4. The van der Waals surface area contributed by atoms with Gasteiger partial charge in [0.15, 0.2) is 29.3 Å². The number of rotatable bonds is 6. The molecule has 164 valence electrons. The fourth-order valence-electron chi connectivity index (χ4n) is 2.75. The van der Waals surface area contributed by atoms with Crippen LogP contribution in [0.5, 0.6) is 0 Å². The molecule has 1 N–H and O–H groups in total. The lowest BCUT2D eigenvalue weighted by molar-refractivity contribution is -0.123. The fourth-order valence-corrected chi connectivity index (χ4v) is 2.88. The van der Waals surface area contributed by atoms with Crippen molar-refractivity contribution in [3.05, 3.63) is 99.8 Å². The summed E-state index contributed by atoms with van der Waals surface area (Å²) in [7, 11) is 0. The predicted octanol–water partition coefficient (Wildman–Crippen LogP) is 5.17. The van der Waals surface area contributed by atoms with E-state index < -0.39 is 46.9 Å². The average molecular weight is 462 g/mol. The SMILES string of the molecule is CC(OC(=O)c1ccccc1C(=O)c1ccc(Cl)cc1)C(=O)Nc1ccc(F)c(F)c1F. The zero-order valence-electron chi connectivity index (χ0n) is 16.5. The van der Waals surface area contributed by atoms with E-state index in [0.717, 1.165) is 6.07 Å². The van der Waals surface area contributed by atoms with E-state index in [1.54, 1.807) is 6.07 Å². The molecule has 0 bridgehead atoms. The van der Waals surface area contributed by atoms with Crippen LogP contribution in [0, 0.1) is 17.5 Å². The number of ether oxygens (including phenoxy) is 1. The Balaban J connectivity index is 1.76. The van der Waals surface area contributed by atoms with E-state index in [2.05, 4.69) is 0 Å². The third-order valence-corrected chi connectivity index (χ3v) is 4.70. The van der Waals surface area contributed by atoms with Crippen molar-refractivity contribution in [1.82, 2.24) is 0 Å². The van der Waals surface area contributed by atoms with Crippen LogP contribution < -0.4 is 5.32 Å². The van der Waals surface area contributed by atoms with Crippen LogP contribution >= 0.6 is 11.6 Å². The minimum atomic E-state index is -1.75. The van der Waals surface area contributed by atoms with Gasteiger partial charge in [-0.1, -0.05) is 29.8 Å². The molecule has 0 radical (unpaired) electrons. The maximum Gasteiger partial charge on any atom is 0.339 e. The first kappa shape index (κ1) is 23.0. The van der Waals surface area contributed by atoms with Crippen molar-refractivity contribution in [2.75, 3.05) is 5.32 Å². The van der Waals surface area contributed by atoms with Gasteiger partial charge in [0.2, 0.25) is 0 Å². The van der Waals surface area contributed by atoms with E-state index in [4.69, 9.17) is 16.3 Å². The van der Waals surface area contributed by atoms with Crippen molar-refractivity contribution >= 4 is 34.9 Å². The van der Waals surface area contributed by atoms with E-state index in [-0.39, 0.29) is 16.7 Å². The molecule has 0 aliphatic carbocycles. The molecule has 5 nitrogen and oxygen atoms in total. The molecule has 0 aromatic heterocycles. The van der Waals surface area contributed by atoms with Crippen molar-refractivity contribution in [3.8, 4) is 0 Å². The maximum atomic E-state index is 13.8. The van der Waals surface area contributed by atoms with Crippen LogP contribution in [0.1, 0.15) is 33.2 Å². The average Bonchev–Trinajstić information content (AvgIpc) is 2.79. The number of hydrogen-bond donors (Lipinski definition) is 1. The summed E-state index contributed by atoms with van der Waals surface area (Å²) < 4.78 is 45.2. The first-order chi connectivity index (χ1) is 15.2. The Labute approximate surface area is 185 Å². The van der Waals surface area contributed by atoms with Crippen LogP contribution in [-0.2, 0) is 9.53 Å². The Bertz CT molecular complexity index is 1200. The number of nitrogens with one attached hydrogen (secondary N) is 1. The minimum Gasteiger partial charge on any atom is -0.449 e. The highest BCUT2D eigenvalue weighted by Crippen LogP contribution is 2.21. The van der Waals surface area contributed by atoms with Crippen molar-refractivity contribution in [1.29, 1.82) is 0 Å². The van der Waals surface area contributed by atoms with Gasteiger partial charge in [0.1, 0.15) is 0 Å². The highest BCUT2D eigenvalue weighted by molar-refractivity contribution is 6.30. The van der Waals surface area contributed by atoms with E-state index in [1.807, 2.05) is 5.32 Å². The maximum absolute atomic E-state index is 13.8. The molecule has 9 heteroatoms. The minimum absolute atomic E-state index is 0.0408. The topological polar surface area (TPSA) is 72.5 Å². The number of carbonyl (C=O) groups is 3. The lowest BCUT2D eigenvalue weighted by Crippen LogP contribution is -2.31. The second-order valence-electron chi connectivity index (χ2n) is 6.64. The summed E-state index contributed by atoms with van der Waals surface area (Å²) in [5.74, 6) is -7.17. The second-order valence-corrected chi connectivity index (χ2v) is 7.08.